The highest BCUT2D eigenvalue weighted by Gasteiger charge is 2.31. The van der Waals surface area contributed by atoms with E-state index in [0.29, 0.717) is 18.3 Å². The van der Waals surface area contributed by atoms with E-state index in [1.165, 1.54) is 12.0 Å². The summed E-state index contributed by atoms with van der Waals surface area (Å²) in [4.78, 5) is 1.26. The average Bonchev–Trinajstić information content (AvgIpc) is 2.25. The number of rotatable bonds is 1. The van der Waals surface area contributed by atoms with Crippen molar-refractivity contribution < 1.29 is 19.8 Å². The van der Waals surface area contributed by atoms with E-state index in [1.807, 2.05) is 6.07 Å². The predicted octanol–water partition coefficient (Wildman–Crippen LogP) is 0.0235. The number of quaternary nitrogens is 1. The van der Waals surface area contributed by atoms with Crippen LogP contribution in [0.25, 0.3) is 0 Å². The van der Waals surface area contributed by atoms with Crippen molar-refractivity contribution in [2.24, 2.45) is 0 Å². The molecule has 16 heavy (non-hydrogen) atoms. The van der Waals surface area contributed by atoms with Crippen molar-refractivity contribution in [2.75, 3.05) is 20.7 Å². The van der Waals surface area contributed by atoms with Gasteiger partial charge in [0.2, 0.25) is 0 Å². The lowest BCUT2D eigenvalue weighted by atomic mass is 9.91. The van der Waals surface area contributed by atoms with Crippen LogP contribution in [0, 0.1) is 0 Å². The number of benzene rings is 1. The number of nitrogens with one attached hydrogen (secondary N) is 1. The first kappa shape index (κ1) is 11.2. The first-order valence-corrected chi connectivity index (χ1v) is 5.45. The molecule has 3 N–H and O–H groups in total. The minimum absolute atomic E-state index is 0.0899. The lowest BCUT2D eigenvalue weighted by Gasteiger charge is -2.32. The Bertz CT molecular complexity index is 405. The molecular weight excluding hydrogens is 206 g/mol. The summed E-state index contributed by atoms with van der Waals surface area (Å²) in [6.45, 7) is 2.77. The summed E-state index contributed by atoms with van der Waals surface area (Å²) in [6.07, 6.45) is -0.511. The second kappa shape index (κ2) is 3.96. The van der Waals surface area contributed by atoms with Crippen LogP contribution in [0.15, 0.2) is 12.1 Å². The molecule has 0 saturated heterocycles. The van der Waals surface area contributed by atoms with E-state index < -0.39 is 6.10 Å². The Morgan fingerprint density at radius 2 is 2.06 bits per heavy atom. The molecule has 1 aromatic rings. The van der Waals surface area contributed by atoms with Crippen LogP contribution in [0.4, 0.5) is 0 Å². The van der Waals surface area contributed by atoms with Crippen molar-refractivity contribution in [3.8, 4) is 11.5 Å². The number of aromatic hydroxyl groups is 1. The van der Waals surface area contributed by atoms with Gasteiger partial charge in [-0.25, -0.2) is 0 Å². The van der Waals surface area contributed by atoms with E-state index >= 15 is 0 Å². The Labute approximate surface area is 95.1 Å². The molecule has 0 spiro atoms. The van der Waals surface area contributed by atoms with Gasteiger partial charge in [0.05, 0.1) is 14.2 Å². The molecule has 4 heteroatoms. The number of hydrogen-bond donors (Lipinski definition) is 3. The molecule has 1 aliphatic rings. The second-order valence-corrected chi connectivity index (χ2v) is 4.44. The number of fused-ring (bicyclic) bond motifs is 1. The molecule has 3 atom stereocenters. The molecule has 0 saturated carbocycles. The third-order valence-electron chi connectivity index (χ3n) is 3.46. The van der Waals surface area contributed by atoms with Crippen LogP contribution in [0.3, 0.4) is 0 Å². The molecule has 1 unspecified atom stereocenters. The Morgan fingerprint density at radius 3 is 2.69 bits per heavy atom. The standard InChI is InChI=1S/C12H17NO3/c1-7-8-5-12(16-3)10(14)4-9(8)11(15)6-13(7)2/h4-5,7,11,14-15H,6H2,1-3H3/p+1/t7-,11+/m1/s1. The van der Waals surface area contributed by atoms with Crippen molar-refractivity contribution in [3.05, 3.63) is 23.3 Å². The van der Waals surface area contributed by atoms with Crippen molar-refractivity contribution >= 4 is 0 Å². The van der Waals surface area contributed by atoms with E-state index in [9.17, 15) is 10.2 Å². The van der Waals surface area contributed by atoms with E-state index in [0.717, 1.165) is 11.1 Å². The van der Waals surface area contributed by atoms with E-state index in [2.05, 4.69) is 14.0 Å². The Morgan fingerprint density at radius 1 is 1.38 bits per heavy atom. The van der Waals surface area contributed by atoms with Gasteiger partial charge in [0.25, 0.3) is 0 Å². The van der Waals surface area contributed by atoms with Gasteiger partial charge in [-0.2, -0.15) is 0 Å². The first-order valence-electron chi connectivity index (χ1n) is 5.45. The van der Waals surface area contributed by atoms with E-state index in [4.69, 9.17) is 4.74 Å². The monoisotopic (exact) mass is 224 g/mol. The highest BCUT2D eigenvalue weighted by Crippen LogP contribution is 2.35. The summed E-state index contributed by atoms with van der Waals surface area (Å²) in [7, 11) is 3.58. The molecule has 4 nitrogen and oxygen atoms in total. The summed E-state index contributed by atoms with van der Waals surface area (Å²) in [5, 5.41) is 19.7. The van der Waals surface area contributed by atoms with Gasteiger partial charge in [0.15, 0.2) is 11.5 Å². The fourth-order valence-electron chi connectivity index (χ4n) is 2.28. The van der Waals surface area contributed by atoms with Gasteiger partial charge in [-0.15, -0.1) is 0 Å². The third-order valence-corrected chi connectivity index (χ3v) is 3.46. The van der Waals surface area contributed by atoms with Crippen molar-refractivity contribution in [2.45, 2.75) is 19.1 Å². The molecule has 1 aromatic carbocycles. The molecule has 0 aromatic heterocycles. The van der Waals surface area contributed by atoms with Gasteiger partial charge in [-0.1, -0.05) is 0 Å². The molecule has 88 valence electrons. The van der Waals surface area contributed by atoms with Crippen LogP contribution < -0.4 is 9.64 Å². The van der Waals surface area contributed by atoms with Gasteiger partial charge in [-0.3, -0.25) is 0 Å². The Kier molecular flexibility index (Phi) is 2.78. The molecule has 0 fully saturated rings. The molecule has 0 aliphatic carbocycles. The van der Waals surface area contributed by atoms with Gasteiger partial charge in [0, 0.05) is 5.56 Å². The molecule has 2 rings (SSSR count). The summed E-state index contributed by atoms with van der Waals surface area (Å²) in [5.41, 5.74) is 1.86. The highest BCUT2D eigenvalue weighted by atomic mass is 16.5. The zero-order valence-corrected chi connectivity index (χ0v) is 9.82. The maximum Gasteiger partial charge on any atom is 0.161 e. The van der Waals surface area contributed by atoms with Crippen LogP contribution in [0.2, 0.25) is 0 Å². The fraction of sp³-hybridized carbons (Fsp3) is 0.500. The Hall–Kier alpha value is -1.26. The van der Waals surface area contributed by atoms with Crippen molar-refractivity contribution in [1.82, 2.24) is 0 Å². The second-order valence-electron chi connectivity index (χ2n) is 4.44. The number of ether oxygens (including phenoxy) is 1. The zero-order valence-electron chi connectivity index (χ0n) is 9.82. The number of likely N-dealkylation sites (N-methyl/N-ethyl adjacent to an activating group) is 1. The SMILES string of the molecule is COc1cc2c(cc1O)[C@@H](O)C[NH+](C)[C@@H]2C. The van der Waals surface area contributed by atoms with Gasteiger partial charge in [-0.05, 0) is 24.6 Å². The van der Waals surface area contributed by atoms with Crippen LogP contribution in [0.1, 0.15) is 30.2 Å². The predicted molar refractivity (Wildman–Crippen MR) is 59.8 cm³/mol. The average molecular weight is 224 g/mol. The maximum atomic E-state index is 9.96. The Balaban J connectivity index is 2.54. The maximum absolute atomic E-state index is 9.96. The quantitative estimate of drug-likeness (QED) is 0.630. The molecule has 0 amide bonds. The summed E-state index contributed by atoms with van der Waals surface area (Å²) >= 11 is 0. The summed E-state index contributed by atoms with van der Waals surface area (Å²) in [5.74, 6) is 0.555. The highest BCUT2D eigenvalue weighted by molar-refractivity contribution is 5.48. The zero-order chi connectivity index (χ0) is 11.9. The van der Waals surface area contributed by atoms with Gasteiger partial charge < -0.3 is 19.8 Å². The minimum Gasteiger partial charge on any atom is -0.504 e. The van der Waals surface area contributed by atoms with Crippen LogP contribution in [-0.4, -0.2) is 30.9 Å². The molecule has 1 heterocycles. The van der Waals surface area contributed by atoms with Crippen LogP contribution in [0.5, 0.6) is 11.5 Å². The first-order chi connectivity index (χ1) is 7.54. The van der Waals surface area contributed by atoms with E-state index in [1.54, 1.807) is 6.07 Å². The van der Waals surface area contributed by atoms with Crippen molar-refractivity contribution in [1.29, 1.82) is 0 Å². The number of methoxy groups -OCH3 is 1. The third kappa shape index (κ3) is 1.64. The van der Waals surface area contributed by atoms with E-state index in [-0.39, 0.29) is 5.75 Å². The summed E-state index contributed by atoms with van der Waals surface area (Å²) < 4.78 is 5.09. The number of hydrogen-bond acceptors (Lipinski definition) is 3. The normalized spacial score (nSPS) is 28.6. The minimum atomic E-state index is -0.511. The van der Waals surface area contributed by atoms with Crippen molar-refractivity contribution in [3.63, 3.8) is 0 Å². The largest absolute Gasteiger partial charge is 0.504 e. The number of aliphatic hydroxyl groups is 1. The lowest BCUT2D eigenvalue weighted by molar-refractivity contribution is -0.916. The molecule has 1 aliphatic heterocycles. The molecular formula is C12H18NO3+. The number of aliphatic hydroxyl groups excluding tert-OH is 1. The van der Waals surface area contributed by atoms with Crippen LogP contribution in [-0.2, 0) is 0 Å². The summed E-state index contributed by atoms with van der Waals surface area (Å²) in [6, 6.07) is 3.73. The van der Waals surface area contributed by atoms with Crippen LogP contribution >= 0.6 is 0 Å². The smallest absolute Gasteiger partial charge is 0.161 e. The molecule has 0 bridgehead atoms. The number of phenols is 1. The lowest BCUT2D eigenvalue weighted by Crippen LogP contribution is -3.10. The topological polar surface area (TPSA) is 54.1 Å². The fourth-order valence-corrected chi connectivity index (χ4v) is 2.28. The van der Waals surface area contributed by atoms with Gasteiger partial charge >= 0.3 is 0 Å². The molecule has 0 radical (unpaired) electrons. The van der Waals surface area contributed by atoms with Gasteiger partial charge in [0.1, 0.15) is 18.7 Å². The number of phenolic OH excluding ortho intramolecular Hbond substituents is 1.